The zero-order valence-electron chi connectivity index (χ0n) is 7.85. The van der Waals surface area contributed by atoms with Crippen molar-refractivity contribution in [3.8, 4) is 0 Å². The minimum absolute atomic E-state index is 0.281. The number of hydrogen-bond acceptors (Lipinski definition) is 3. The van der Waals surface area contributed by atoms with Crippen molar-refractivity contribution >= 4 is 0 Å². The van der Waals surface area contributed by atoms with E-state index in [1.54, 1.807) is 0 Å². The third-order valence-corrected chi connectivity index (χ3v) is 2.95. The maximum atomic E-state index is 13.4. The monoisotopic (exact) mass is 186 g/mol. The highest BCUT2D eigenvalue weighted by Crippen LogP contribution is 2.33. The van der Waals surface area contributed by atoms with Gasteiger partial charge in [0.2, 0.25) is 5.95 Å². The Labute approximate surface area is 77.5 Å². The van der Waals surface area contributed by atoms with E-state index in [1.807, 2.05) is 0 Å². The molecule has 0 aliphatic carbocycles. The normalized spacial score (nSPS) is 36.2. The molecule has 74 valence electrons. The lowest BCUT2D eigenvalue weighted by Gasteiger charge is -2.40. The molecule has 1 N–H and O–H groups in total. The molecule has 3 aliphatic heterocycles. The van der Waals surface area contributed by atoms with Crippen LogP contribution in [0.25, 0.3) is 0 Å². The largest absolute Gasteiger partial charge is 0.299 e. The Morgan fingerprint density at radius 3 is 2.69 bits per heavy atom. The van der Waals surface area contributed by atoms with Crippen LogP contribution in [0.15, 0.2) is 11.5 Å². The van der Waals surface area contributed by atoms with Gasteiger partial charge in [-0.25, -0.2) is 5.48 Å². The van der Waals surface area contributed by atoms with Gasteiger partial charge in [-0.2, -0.15) is 4.39 Å². The molecule has 2 bridgehead atoms. The van der Waals surface area contributed by atoms with Gasteiger partial charge in [-0.3, -0.25) is 9.74 Å². The van der Waals surface area contributed by atoms with Crippen LogP contribution in [-0.2, 0) is 4.84 Å². The van der Waals surface area contributed by atoms with Crippen LogP contribution >= 0.6 is 0 Å². The Morgan fingerprint density at radius 1 is 1.54 bits per heavy atom. The van der Waals surface area contributed by atoms with E-state index in [0.29, 0.717) is 5.92 Å². The highest BCUT2D eigenvalue weighted by molar-refractivity contribution is 5.17. The second kappa shape index (κ2) is 3.64. The van der Waals surface area contributed by atoms with Crippen LogP contribution in [0.4, 0.5) is 4.39 Å². The third kappa shape index (κ3) is 1.69. The average Bonchev–Trinajstić information content (AvgIpc) is 2.20. The Balaban J connectivity index is 2.11. The van der Waals surface area contributed by atoms with Crippen molar-refractivity contribution in [1.82, 2.24) is 10.4 Å². The number of piperidine rings is 3. The molecule has 0 saturated carbocycles. The molecule has 3 saturated heterocycles. The van der Waals surface area contributed by atoms with Crippen molar-refractivity contribution < 1.29 is 9.23 Å². The fourth-order valence-electron chi connectivity index (χ4n) is 2.21. The van der Waals surface area contributed by atoms with Gasteiger partial charge in [-0.15, -0.1) is 0 Å². The smallest absolute Gasteiger partial charge is 0.211 e. The van der Waals surface area contributed by atoms with Gasteiger partial charge >= 0.3 is 0 Å². The quantitative estimate of drug-likeness (QED) is 0.515. The van der Waals surface area contributed by atoms with E-state index in [0.717, 1.165) is 38.0 Å². The molecule has 0 aromatic carbocycles. The minimum Gasteiger partial charge on any atom is -0.299 e. The van der Waals surface area contributed by atoms with E-state index >= 15 is 0 Å². The second-order valence-electron chi connectivity index (χ2n) is 3.70. The Hall–Kier alpha value is -0.610. The fraction of sp³-hybridized carbons (Fsp3) is 0.778. The molecule has 0 atom stereocenters. The lowest BCUT2D eigenvalue weighted by molar-refractivity contribution is 0.0862. The van der Waals surface area contributed by atoms with Crippen molar-refractivity contribution in [3.05, 3.63) is 11.5 Å². The minimum atomic E-state index is -0.281. The molecule has 0 radical (unpaired) electrons. The van der Waals surface area contributed by atoms with E-state index in [-0.39, 0.29) is 5.95 Å². The Morgan fingerprint density at radius 2 is 2.23 bits per heavy atom. The third-order valence-electron chi connectivity index (χ3n) is 2.95. The molecule has 0 aromatic rings. The molecule has 0 amide bonds. The van der Waals surface area contributed by atoms with E-state index < -0.39 is 0 Å². The maximum absolute atomic E-state index is 13.4. The van der Waals surface area contributed by atoms with E-state index in [4.69, 9.17) is 0 Å². The molecular formula is C9H15FN2O. The molecule has 3 fully saturated rings. The molecule has 3 heterocycles. The predicted octanol–water partition coefficient (Wildman–Crippen LogP) is 1.04. The lowest BCUT2D eigenvalue weighted by atomic mass is 9.84. The Kier molecular flexibility index (Phi) is 2.51. The van der Waals surface area contributed by atoms with Crippen LogP contribution in [0.5, 0.6) is 0 Å². The van der Waals surface area contributed by atoms with E-state index in [2.05, 4.69) is 15.2 Å². The Bertz CT molecular complexity index is 222. The SMILES string of the molecule is CON/C(F)=C1/CN2CCC1CC2. The summed E-state index contributed by atoms with van der Waals surface area (Å²) >= 11 is 0. The van der Waals surface area contributed by atoms with Gasteiger partial charge < -0.3 is 0 Å². The molecule has 0 aromatic heterocycles. The highest BCUT2D eigenvalue weighted by Gasteiger charge is 2.31. The van der Waals surface area contributed by atoms with Crippen LogP contribution in [0.3, 0.4) is 0 Å². The first-order valence-electron chi connectivity index (χ1n) is 4.71. The highest BCUT2D eigenvalue weighted by atomic mass is 19.1. The molecular weight excluding hydrogens is 171 g/mol. The van der Waals surface area contributed by atoms with Crippen LogP contribution in [0, 0.1) is 5.92 Å². The first-order valence-corrected chi connectivity index (χ1v) is 4.71. The number of rotatable bonds is 2. The number of hydrogen-bond donors (Lipinski definition) is 1. The summed E-state index contributed by atoms with van der Waals surface area (Å²) < 4.78 is 13.4. The number of hydroxylamine groups is 1. The average molecular weight is 186 g/mol. The van der Waals surface area contributed by atoms with Crippen LogP contribution < -0.4 is 5.48 Å². The summed E-state index contributed by atoms with van der Waals surface area (Å²) in [6.45, 7) is 3.01. The summed E-state index contributed by atoms with van der Waals surface area (Å²) in [7, 11) is 1.43. The first-order chi connectivity index (χ1) is 6.31. The molecule has 3 aliphatic rings. The molecule has 0 unspecified atom stereocenters. The summed E-state index contributed by atoms with van der Waals surface area (Å²) in [5, 5.41) is 0. The van der Waals surface area contributed by atoms with Gasteiger partial charge in [0.25, 0.3) is 0 Å². The van der Waals surface area contributed by atoms with Crippen LogP contribution in [-0.4, -0.2) is 31.6 Å². The van der Waals surface area contributed by atoms with Gasteiger partial charge in [0.05, 0.1) is 7.11 Å². The summed E-state index contributed by atoms with van der Waals surface area (Å²) in [6, 6.07) is 0. The van der Waals surface area contributed by atoms with Crippen molar-refractivity contribution in [2.45, 2.75) is 12.8 Å². The zero-order chi connectivity index (χ0) is 9.26. The van der Waals surface area contributed by atoms with Crippen molar-refractivity contribution in [2.24, 2.45) is 5.92 Å². The molecule has 3 rings (SSSR count). The summed E-state index contributed by atoms with van der Waals surface area (Å²) in [5.41, 5.74) is 3.17. The molecule has 0 spiro atoms. The summed E-state index contributed by atoms with van der Waals surface area (Å²) in [6.07, 6.45) is 2.18. The van der Waals surface area contributed by atoms with Crippen molar-refractivity contribution in [1.29, 1.82) is 0 Å². The predicted molar refractivity (Wildman–Crippen MR) is 47.4 cm³/mol. The van der Waals surface area contributed by atoms with Gasteiger partial charge in [0.15, 0.2) is 0 Å². The number of halogens is 1. The second-order valence-corrected chi connectivity index (χ2v) is 3.70. The van der Waals surface area contributed by atoms with Gasteiger partial charge in [-0.1, -0.05) is 0 Å². The number of nitrogens with zero attached hydrogens (tertiary/aromatic N) is 1. The van der Waals surface area contributed by atoms with E-state index in [1.165, 1.54) is 7.11 Å². The number of fused-ring (bicyclic) bond motifs is 3. The van der Waals surface area contributed by atoms with Crippen LogP contribution in [0.2, 0.25) is 0 Å². The van der Waals surface area contributed by atoms with Gasteiger partial charge in [0.1, 0.15) is 0 Å². The summed E-state index contributed by atoms with van der Waals surface area (Å²) in [4.78, 5) is 6.85. The topological polar surface area (TPSA) is 24.5 Å². The first kappa shape index (κ1) is 8.97. The maximum Gasteiger partial charge on any atom is 0.211 e. The molecule has 4 heteroatoms. The van der Waals surface area contributed by atoms with Crippen molar-refractivity contribution in [3.63, 3.8) is 0 Å². The zero-order valence-corrected chi connectivity index (χ0v) is 7.85. The summed E-state index contributed by atoms with van der Waals surface area (Å²) in [5.74, 6) is 0.157. The van der Waals surface area contributed by atoms with Crippen LogP contribution in [0.1, 0.15) is 12.8 Å². The molecule has 3 nitrogen and oxygen atoms in total. The van der Waals surface area contributed by atoms with E-state index in [9.17, 15) is 4.39 Å². The fourth-order valence-corrected chi connectivity index (χ4v) is 2.21. The van der Waals surface area contributed by atoms with Gasteiger partial charge in [-0.05, 0) is 31.8 Å². The van der Waals surface area contributed by atoms with Gasteiger partial charge in [0, 0.05) is 12.1 Å². The lowest BCUT2D eigenvalue weighted by Crippen LogP contribution is -2.44. The molecule has 13 heavy (non-hydrogen) atoms. The van der Waals surface area contributed by atoms with Crippen molar-refractivity contribution in [2.75, 3.05) is 26.7 Å². The number of nitrogens with one attached hydrogen (secondary N) is 1. The standard InChI is InChI=1S/C9H15FN2O/c1-13-11-9(10)8-6-12-4-2-7(8)3-5-12/h7,11H,2-6H2,1H3/b9-8-.